The second kappa shape index (κ2) is 5.21. The van der Waals surface area contributed by atoms with Crippen LogP contribution in [0.1, 0.15) is 21.5 Å². The van der Waals surface area contributed by atoms with Crippen LogP contribution < -0.4 is 0 Å². The first-order valence-electron chi connectivity index (χ1n) is 6.53. The van der Waals surface area contributed by atoms with E-state index in [4.69, 9.17) is 23.2 Å². The van der Waals surface area contributed by atoms with E-state index in [1.54, 1.807) is 18.2 Å². The topological polar surface area (TPSA) is 22.0 Å². The van der Waals surface area contributed by atoms with Gasteiger partial charge in [-0.05, 0) is 30.7 Å². The number of halogens is 2. The summed E-state index contributed by atoms with van der Waals surface area (Å²) < 4.78 is 1.94. The zero-order valence-corrected chi connectivity index (χ0v) is 13.2. The predicted molar refractivity (Wildman–Crippen MR) is 87.6 cm³/mol. The second-order valence-electron chi connectivity index (χ2n) is 5.10. The van der Waals surface area contributed by atoms with Crippen molar-refractivity contribution in [2.24, 2.45) is 7.05 Å². The lowest BCUT2D eigenvalue weighted by Crippen LogP contribution is -2.02. The van der Waals surface area contributed by atoms with E-state index < -0.39 is 0 Å². The van der Waals surface area contributed by atoms with Crippen molar-refractivity contribution >= 4 is 39.9 Å². The highest BCUT2D eigenvalue weighted by molar-refractivity contribution is 6.41. The van der Waals surface area contributed by atoms with Crippen molar-refractivity contribution in [3.8, 4) is 0 Å². The molecule has 0 bridgehead atoms. The average Bonchev–Trinajstić information content (AvgIpc) is 2.75. The Balaban J connectivity index is 2.24. The van der Waals surface area contributed by atoms with Crippen molar-refractivity contribution in [1.82, 2.24) is 4.57 Å². The number of rotatable bonds is 2. The van der Waals surface area contributed by atoms with Crippen molar-refractivity contribution in [2.75, 3.05) is 0 Å². The van der Waals surface area contributed by atoms with Crippen LogP contribution in [0.25, 0.3) is 10.9 Å². The molecule has 0 unspecified atom stereocenters. The number of nitrogens with zero attached hydrogens (tertiary/aromatic N) is 1. The van der Waals surface area contributed by atoms with E-state index in [1.165, 1.54) is 0 Å². The molecule has 3 aromatic rings. The molecule has 106 valence electrons. The van der Waals surface area contributed by atoms with Gasteiger partial charge in [-0.2, -0.15) is 0 Å². The summed E-state index contributed by atoms with van der Waals surface area (Å²) in [6.45, 7) is 2.03. The minimum Gasteiger partial charge on any atom is -0.350 e. The molecule has 0 fully saturated rings. The molecule has 4 heteroatoms. The standard InChI is InChI=1S/C17H13Cl2NO/c1-10-6-7-11-12(9-20(2)15(11)8-10)17(21)16-13(18)4-3-5-14(16)19/h3-9H,1-2H3. The van der Waals surface area contributed by atoms with Gasteiger partial charge in [-0.3, -0.25) is 4.79 Å². The summed E-state index contributed by atoms with van der Waals surface area (Å²) in [6.07, 6.45) is 1.83. The molecule has 0 N–H and O–H groups in total. The summed E-state index contributed by atoms with van der Waals surface area (Å²) >= 11 is 12.3. The van der Waals surface area contributed by atoms with Crippen LogP contribution >= 0.6 is 23.2 Å². The third kappa shape index (κ3) is 2.35. The normalized spacial score (nSPS) is 11.0. The number of ketones is 1. The van der Waals surface area contributed by atoms with E-state index in [9.17, 15) is 4.79 Å². The third-order valence-electron chi connectivity index (χ3n) is 3.58. The van der Waals surface area contributed by atoms with E-state index in [-0.39, 0.29) is 5.78 Å². The second-order valence-corrected chi connectivity index (χ2v) is 5.91. The number of carbonyl (C=O) groups excluding carboxylic acids is 1. The van der Waals surface area contributed by atoms with Gasteiger partial charge in [0.25, 0.3) is 0 Å². The molecular formula is C17H13Cl2NO. The lowest BCUT2D eigenvalue weighted by molar-refractivity contribution is 0.104. The molecule has 1 heterocycles. The lowest BCUT2D eigenvalue weighted by atomic mass is 10.0. The van der Waals surface area contributed by atoms with Crippen LogP contribution in [0.4, 0.5) is 0 Å². The SMILES string of the molecule is Cc1ccc2c(C(=O)c3c(Cl)cccc3Cl)cn(C)c2c1. The fourth-order valence-electron chi connectivity index (χ4n) is 2.52. The monoisotopic (exact) mass is 317 g/mol. The summed E-state index contributed by atoms with van der Waals surface area (Å²) in [5.74, 6) is -0.153. The van der Waals surface area contributed by atoms with E-state index in [1.807, 2.05) is 36.9 Å². The Kier molecular flexibility index (Phi) is 3.52. The quantitative estimate of drug-likeness (QED) is 0.608. The van der Waals surface area contributed by atoms with Gasteiger partial charge < -0.3 is 4.57 Å². The minimum atomic E-state index is -0.153. The summed E-state index contributed by atoms with van der Waals surface area (Å²) in [5.41, 5.74) is 3.14. The fourth-order valence-corrected chi connectivity index (χ4v) is 3.09. The molecular weight excluding hydrogens is 305 g/mol. The molecule has 0 aliphatic carbocycles. The molecule has 2 nitrogen and oxygen atoms in total. The predicted octanol–water partition coefficient (Wildman–Crippen LogP) is 5.02. The Bertz CT molecular complexity index is 844. The molecule has 0 aliphatic rings. The largest absolute Gasteiger partial charge is 0.350 e. The Hall–Kier alpha value is -1.77. The van der Waals surface area contributed by atoms with Gasteiger partial charge in [0.15, 0.2) is 5.78 Å². The number of benzene rings is 2. The van der Waals surface area contributed by atoms with Crippen LogP contribution in [0.2, 0.25) is 10.0 Å². The Morgan fingerprint density at radius 1 is 1.10 bits per heavy atom. The van der Waals surface area contributed by atoms with Crippen LogP contribution in [-0.4, -0.2) is 10.4 Å². The van der Waals surface area contributed by atoms with Gasteiger partial charge in [-0.1, -0.05) is 41.4 Å². The molecule has 0 radical (unpaired) electrons. The Morgan fingerprint density at radius 3 is 2.43 bits per heavy atom. The third-order valence-corrected chi connectivity index (χ3v) is 4.21. The summed E-state index contributed by atoms with van der Waals surface area (Å²) in [4.78, 5) is 12.8. The first kappa shape index (κ1) is 14.2. The van der Waals surface area contributed by atoms with E-state index in [2.05, 4.69) is 6.07 Å². The molecule has 0 spiro atoms. The number of fused-ring (bicyclic) bond motifs is 1. The van der Waals surface area contributed by atoms with Crippen molar-refractivity contribution in [1.29, 1.82) is 0 Å². The van der Waals surface area contributed by atoms with Crippen molar-refractivity contribution < 1.29 is 4.79 Å². The zero-order chi connectivity index (χ0) is 15.1. The minimum absolute atomic E-state index is 0.153. The molecule has 3 rings (SSSR count). The van der Waals surface area contributed by atoms with Crippen LogP contribution in [-0.2, 0) is 7.05 Å². The molecule has 2 aromatic carbocycles. The number of aromatic nitrogens is 1. The van der Waals surface area contributed by atoms with E-state index in [0.29, 0.717) is 21.2 Å². The molecule has 0 atom stereocenters. The number of carbonyl (C=O) groups is 1. The maximum Gasteiger partial charge on any atom is 0.198 e. The van der Waals surface area contributed by atoms with Crippen molar-refractivity contribution in [3.05, 3.63) is 69.3 Å². The summed E-state index contributed by atoms with van der Waals surface area (Å²) in [6, 6.07) is 11.1. The maximum absolute atomic E-state index is 12.8. The number of hydrogen-bond donors (Lipinski definition) is 0. The number of hydrogen-bond acceptors (Lipinski definition) is 1. The van der Waals surface area contributed by atoms with Gasteiger partial charge >= 0.3 is 0 Å². The molecule has 0 saturated heterocycles. The molecule has 21 heavy (non-hydrogen) atoms. The zero-order valence-electron chi connectivity index (χ0n) is 11.7. The first-order valence-corrected chi connectivity index (χ1v) is 7.29. The smallest absolute Gasteiger partial charge is 0.198 e. The summed E-state index contributed by atoms with van der Waals surface area (Å²) in [7, 11) is 1.92. The number of aryl methyl sites for hydroxylation is 2. The van der Waals surface area contributed by atoms with Gasteiger partial charge in [0.05, 0.1) is 15.6 Å². The van der Waals surface area contributed by atoms with Gasteiger partial charge in [0.2, 0.25) is 0 Å². The fraction of sp³-hybridized carbons (Fsp3) is 0.118. The summed E-state index contributed by atoms with van der Waals surface area (Å²) in [5, 5.41) is 1.65. The van der Waals surface area contributed by atoms with Crippen molar-refractivity contribution in [2.45, 2.75) is 6.92 Å². The van der Waals surface area contributed by atoms with E-state index in [0.717, 1.165) is 16.5 Å². The average molecular weight is 318 g/mol. The van der Waals surface area contributed by atoms with Gasteiger partial charge in [0, 0.05) is 29.7 Å². The molecule has 0 amide bonds. The van der Waals surface area contributed by atoms with Crippen LogP contribution in [0, 0.1) is 6.92 Å². The van der Waals surface area contributed by atoms with Gasteiger partial charge in [-0.15, -0.1) is 0 Å². The highest BCUT2D eigenvalue weighted by atomic mass is 35.5. The van der Waals surface area contributed by atoms with Crippen LogP contribution in [0.15, 0.2) is 42.6 Å². The van der Waals surface area contributed by atoms with Crippen LogP contribution in [0.5, 0.6) is 0 Å². The first-order chi connectivity index (χ1) is 9.99. The Morgan fingerprint density at radius 2 is 1.76 bits per heavy atom. The highest BCUT2D eigenvalue weighted by Gasteiger charge is 2.20. The maximum atomic E-state index is 12.8. The molecule has 1 aromatic heterocycles. The van der Waals surface area contributed by atoms with E-state index >= 15 is 0 Å². The van der Waals surface area contributed by atoms with Gasteiger partial charge in [0.1, 0.15) is 0 Å². The molecule has 0 aliphatic heterocycles. The van der Waals surface area contributed by atoms with Crippen LogP contribution in [0.3, 0.4) is 0 Å². The highest BCUT2D eigenvalue weighted by Crippen LogP contribution is 2.30. The molecule has 0 saturated carbocycles. The lowest BCUT2D eigenvalue weighted by Gasteiger charge is -2.05. The van der Waals surface area contributed by atoms with Crippen molar-refractivity contribution in [3.63, 3.8) is 0 Å². The van der Waals surface area contributed by atoms with Gasteiger partial charge in [-0.25, -0.2) is 0 Å². The Labute approximate surface area is 132 Å².